The van der Waals surface area contributed by atoms with Crippen LogP contribution < -0.4 is 4.19 Å². The van der Waals surface area contributed by atoms with Crippen LogP contribution in [0.4, 0.5) is 0 Å². The van der Waals surface area contributed by atoms with E-state index < -0.39 is 13.0 Å². The molecule has 6 heavy (non-hydrogen) atoms. The Balaban J connectivity index is 0. The van der Waals surface area contributed by atoms with Gasteiger partial charge in [-0.2, -0.15) is 0 Å². The zero-order valence-electron chi connectivity index (χ0n) is 2.72. The molecule has 0 amide bonds. The quantitative estimate of drug-likeness (QED) is 0.427. The van der Waals surface area contributed by atoms with Crippen molar-refractivity contribution in [3.63, 3.8) is 0 Å². The first-order valence-corrected chi connectivity index (χ1v) is 2.54. The van der Waals surface area contributed by atoms with Gasteiger partial charge in [-0.3, -0.25) is 0 Å². The van der Waals surface area contributed by atoms with Crippen LogP contribution >= 0.6 is 0 Å². The van der Waals surface area contributed by atoms with Crippen molar-refractivity contribution in [3.8, 4) is 0 Å². The molecule has 4 nitrogen and oxygen atoms in total. The van der Waals surface area contributed by atoms with Crippen LogP contribution in [0.3, 0.4) is 0 Å². The Kier molecular flexibility index (Phi) is 4.27. The predicted molar refractivity (Wildman–Crippen MR) is 2.06 cm³/mol. The summed E-state index contributed by atoms with van der Waals surface area (Å²) in [6, 6.07) is 0. The van der Waals surface area contributed by atoms with Gasteiger partial charge in [0, 0.05) is 0 Å². The van der Waals surface area contributed by atoms with E-state index in [1.165, 1.54) is 0 Å². The van der Waals surface area contributed by atoms with Gasteiger partial charge in [0.1, 0.15) is 0 Å². The van der Waals surface area contributed by atoms with Crippen LogP contribution in [0, 0.1) is 0 Å². The third kappa shape index (κ3) is 218. The van der Waals surface area contributed by atoms with E-state index in [4.69, 9.17) is 15.7 Å². The minimum atomic E-state index is -5.62. The van der Waals surface area contributed by atoms with Gasteiger partial charge in [-0.15, -0.1) is 0 Å². The second kappa shape index (κ2) is 2.64. The van der Waals surface area contributed by atoms with E-state index in [0.29, 0.717) is 0 Å². The van der Waals surface area contributed by atoms with Gasteiger partial charge in [0.05, 0.1) is 0 Å². The van der Waals surface area contributed by atoms with Gasteiger partial charge in [0.2, 0.25) is 0 Å². The minimum Gasteiger partial charge on any atom is 2.00 e. The van der Waals surface area contributed by atoms with Crippen molar-refractivity contribution in [2.24, 2.45) is 0 Å². The molecule has 0 aliphatic heterocycles. The van der Waals surface area contributed by atoms with Crippen LogP contribution in [0.1, 0.15) is 0 Å². The molecule has 0 heterocycles. The largest absolute Gasteiger partial charge is 2.00 e. The van der Waals surface area contributed by atoms with E-state index in [9.17, 15) is 0 Å². The fourth-order valence-corrected chi connectivity index (χ4v) is 0. The summed E-state index contributed by atoms with van der Waals surface area (Å²) in [4.78, 5) is 0. The van der Waals surface area contributed by atoms with E-state index in [2.05, 4.69) is 0 Å². The normalized spacial score (nSPS) is 9.50. The average molecular weight is 184 g/mol. The van der Waals surface area contributed by atoms with E-state index in [0.717, 1.165) is 0 Å². The van der Waals surface area contributed by atoms with Crippen LogP contribution in [0.5, 0.6) is 0 Å². The van der Waals surface area contributed by atoms with Gasteiger partial charge in [0.15, 0.2) is 0 Å². The maximum absolute atomic E-state index is 8.58. The predicted octanol–water partition coefficient (Wildman–Crippen LogP) is -1.55. The number of hydrogen-bond donors (Lipinski definition) is 0. The summed E-state index contributed by atoms with van der Waals surface area (Å²) in [5.74, 6) is 0. The van der Waals surface area contributed by atoms with Crippen molar-refractivity contribution < 1.29 is 48.1 Å². The molecular weight excluding hydrogens is 184 g/mol. The molecule has 0 aromatic heterocycles. The zero-order chi connectivity index (χ0) is 4.50. The summed E-state index contributed by atoms with van der Waals surface area (Å²) in [5.41, 5.74) is 0. The first-order chi connectivity index (χ1) is 2.00. The molecule has 0 N–H and O–H groups in total. The Morgan fingerprint density at radius 2 is 1.17 bits per heavy atom. The Bertz CT molecular complexity index is 129. The van der Waals surface area contributed by atoms with Crippen molar-refractivity contribution in [1.29, 1.82) is 0 Å². The molecular formula is MnO4Zn+. The summed E-state index contributed by atoms with van der Waals surface area (Å²) >= 11 is -5.62. The van der Waals surface area contributed by atoms with Gasteiger partial charge >= 0.3 is 48.1 Å². The van der Waals surface area contributed by atoms with Crippen LogP contribution in [-0.4, -0.2) is 0 Å². The third-order valence-electron chi connectivity index (χ3n) is 0. The molecule has 0 radical (unpaired) electrons. The Morgan fingerprint density at radius 3 is 1.17 bits per heavy atom. The van der Waals surface area contributed by atoms with Crippen molar-refractivity contribution in [3.05, 3.63) is 0 Å². The standard InChI is InChI=1S/Mn.4O.Zn/q;;;;-1;+2. The minimum absolute atomic E-state index is 0. The number of rotatable bonds is 0. The fourth-order valence-electron chi connectivity index (χ4n) is 0. The second-order valence-corrected chi connectivity index (χ2v) is 1.56. The molecule has 0 aliphatic carbocycles. The second-order valence-electron chi connectivity index (χ2n) is 0.378. The third-order valence-corrected chi connectivity index (χ3v) is 0. The Morgan fingerprint density at radius 1 is 1.17 bits per heavy atom. The summed E-state index contributed by atoms with van der Waals surface area (Å²) in [6.07, 6.45) is 0. The SMILES string of the molecule is [O]=[Mn](=[O])(=[O])[O-].[Zn+2]. The molecule has 0 aromatic rings. The number of hydrogen-bond acceptors (Lipinski definition) is 4. The van der Waals surface area contributed by atoms with Crippen LogP contribution in [0.25, 0.3) is 0 Å². The van der Waals surface area contributed by atoms with Crippen molar-refractivity contribution in [2.45, 2.75) is 0 Å². The summed E-state index contributed by atoms with van der Waals surface area (Å²) < 4.78 is 34.3. The molecule has 32 valence electrons. The smallest absolute Gasteiger partial charge is 2.00 e. The fraction of sp³-hybridized carbons (Fsp3) is 0. The first kappa shape index (κ1) is 9.71. The van der Waals surface area contributed by atoms with Crippen LogP contribution in [0.15, 0.2) is 0 Å². The average Bonchev–Trinajstić information content (AvgIpc) is 0.722. The monoisotopic (exact) mass is 183 g/mol. The van der Waals surface area contributed by atoms with Crippen LogP contribution in [0.2, 0.25) is 0 Å². The molecule has 0 saturated heterocycles. The van der Waals surface area contributed by atoms with Crippen LogP contribution in [-0.2, 0) is 44.0 Å². The Labute approximate surface area is 48.5 Å². The molecule has 0 aliphatic rings. The molecule has 0 bridgehead atoms. The van der Waals surface area contributed by atoms with Gasteiger partial charge < -0.3 is 0 Å². The van der Waals surface area contributed by atoms with Crippen molar-refractivity contribution in [1.82, 2.24) is 0 Å². The van der Waals surface area contributed by atoms with E-state index in [1.807, 2.05) is 0 Å². The molecule has 0 rings (SSSR count). The van der Waals surface area contributed by atoms with E-state index >= 15 is 0 Å². The molecule has 0 aromatic carbocycles. The molecule has 0 atom stereocenters. The molecule has 0 spiro atoms. The van der Waals surface area contributed by atoms with Gasteiger partial charge in [-0.1, -0.05) is 0 Å². The van der Waals surface area contributed by atoms with Crippen molar-refractivity contribution >= 4 is 0 Å². The maximum atomic E-state index is 8.58. The topological polar surface area (TPSA) is 74.3 Å². The van der Waals surface area contributed by atoms with Gasteiger partial charge in [-0.05, 0) is 0 Å². The maximum Gasteiger partial charge on any atom is 2.00 e. The molecule has 0 unspecified atom stereocenters. The van der Waals surface area contributed by atoms with Crippen molar-refractivity contribution in [2.75, 3.05) is 0 Å². The van der Waals surface area contributed by atoms with Gasteiger partial charge in [0.25, 0.3) is 0 Å². The van der Waals surface area contributed by atoms with E-state index in [1.54, 1.807) is 0 Å². The zero-order valence-corrected chi connectivity index (χ0v) is 6.87. The molecule has 6 heteroatoms. The first-order valence-electron chi connectivity index (χ1n) is 0.617. The summed E-state index contributed by atoms with van der Waals surface area (Å²) in [7, 11) is 0. The summed E-state index contributed by atoms with van der Waals surface area (Å²) in [5, 5.41) is 0. The van der Waals surface area contributed by atoms with E-state index in [-0.39, 0.29) is 19.5 Å². The molecule has 0 saturated carbocycles. The molecule has 0 fully saturated rings. The van der Waals surface area contributed by atoms with Gasteiger partial charge in [-0.25, -0.2) is 0 Å². The Hall–Kier alpha value is 0.503. The summed E-state index contributed by atoms with van der Waals surface area (Å²) in [6.45, 7) is 0.